The third-order valence-corrected chi connectivity index (χ3v) is 5.67. The number of rotatable bonds is 5. The number of hydrogen-bond acceptors (Lipinski definition) is 3. The Hall–Kier alpha value is -2.12. The third-order valence-electron chi connectivity index (χ3n) is 4.41. The van der Waals surface area contributed by atoms with Crippen LogP contribution in [0.5, 0.6) is 0 Å². The summed E-state index contributed by atoms with van der Waals surface area (Å²) >= 11 is 0. The minimum atomic E-state index is -3.79. The van der Waals surface area contributed by atoms with E-state index in [0.717, 1.165) is 12.8 Å². The van der Waals surface area contributed by atoms with Crippen LogP contribution in [-0.4, -0.2) is 19.3 Å². The van der Waals surface area contributed by atoms with Crippen LogP contribution in [0.15, 0.2) is 47.5 Å². The average Bonchev–Trinajstić information content (AvgIpc) is 3.15. The molecule has 1 amide bonds. The van der Waals surface area contributed by atoms with Crippen molar-refractivity contribution in [1.82, 2.24) is 15.2 Å². The standard InChI is InChI=1S/C17H21N3O3S/c21-17(16-7-4-12-18-16)19-20-24(22,23)15-10-8-14(9-11-15)13-5-2-1-3-6-13/h4,7-13,18,20H,1-3,5-6H2,(H,19,21). The zero-order chi connectivity index (χ0) is 17.0. The Bertz CT molecular complexity index is 777. The van der Waals surface area contributed by atoms with Crippen LogP contribution < -0.4 is 10.3 Å². The molecule has 1 fully saturated rings. The fraction of sp³-hybridized carbons (Fsp3) is 0.353. The highest BCUT2D eigenvalue weighted by atomic mass is 32.2. The number of benzene rings is 1. The van der Waals surface area contributed by atoms with Crippen molar-refractivity contribution < 1.29 is 13.2 Å². The average molecular weight is 347 g/mol. The molecule has 1 aromatic carbocycles. The minimum absolute atomic E-state index is 0.133. The van der Waals surface area contributed by atoms with Crippen molar-refractivity contribution in [2.24, 2.45) is 0 Å². The van der Waals surface area contributed by atoms with Crippen molar-refractivity contribution in [2.45, 2.75) is 42.9 Å². The predicted octanol–water partition coefficient (Wildman–Crippen LogP) is 2.69. The molecule has 0 spiro atoms. The number of nitrogens with one attached hydrogen (secondary N) is 3. The number of aromatic amines is 1. The summed E-state index contributed by atoms with van der Waals surface area (Å²) in [5.74, 6) is -0.0153. The summed E-state index contributed by atoms with van der Waals surface area (Å²) in [6.07, 6.45) is 7.67. The van der Waals surface area contributed by atoms with E-state index in [1.54, 1.807) is 30.5 Å². The predicted molar refractivity (Wildman–Crippen MR) is 90.8 cm³/mol. The zero-order valence-corrected chi connectivity index (χ0v) is 14.1. The van der Waals surface area contributed by atoms with Crippen LogP contribution >= 0.6 is 0 Å². The molecule has 0 atom stereocenters. The van der Waals surface area contributed by atoms with Gasteiger partial charge >= 0.3 is 0 Å². The summed E-state index contributed by atoms with van der Waals surface area (Å²) in [5, 5.41) is 0. The number of amides is 1. The van der Waals surface area contributed by atoms with Gasteiger partial charge in [-0.2, -0.15) is 0 Å². The van der Waals surface area contributed by atoms with Crippen LogP contribution in [0.4, 0.5) is 0 Å². The van der Waals surface area contributed by atoms with Gasteiger partial charge in [0.1, 0.15) is 5.69 Å². The summed E-state index contributed by atoms with van der Waals surface area (Å²) in [7, 11) is -3.79. The van der Waals surface area contributed by atoms with Crippen molar-refractivity contribution in [3.63, 3.8) is 0 Å². The summed E-state index contributed by atoms with van der Waals surface area (Å²) in [4.78, 5) is 16.7. The summed E-state index contributed by atoms with van der Waals surface area (Å²) < 4.78 is 24.5. The first-order valence-corrected chi connectivity index (χ1v) is 9.60. The molecule has 1 heterocycles. The van der Waals surface area contributed by atoms with Gasteiger partial charge in [0.25, 0.3) is 15.9 Å². The first kappa shape index (κ1) is 16.7. The van der Waals surface area contributed by atoms with E-state index in [2.05, 4.69) is 15.2 Å². The number of sulfonamides is 1. The van der Waals surface area contributed by atoms with E-state index in [1.165, 1.54) is 24.8 Å². The third kappa shape index (κ3) is 3.85. The van der Waals surface area contributed by atoms with Crippen LogP contribution in [0.3, 0.4) is 0 Å². The van der Waals surface area contributed by atoms with Gasteiger partial charge in [-0.3, -0.25) is 10.2 Å². The second-order valence-corrected chi connectivity index (χ2v) is 7.73. The van der Waals surface area contributed by atoms with Crippen LogP contribution in [-0.2, 0) is 10.0 Å². The summed E-state index contributed by atoms with van der Waals surface area (Å²) in [5.41, 5.74) is 3.66. The Balaban J connectivity index is 1.64. The molecular weight excluding hydrogens is 326 g/mol. The number of carbonyl (C=O) groups is 1. The molecule has 0 bridgehead atoms. The smallest absolute Gasteiger partial charge is 0.282 e. The lowest BCUT2D eigenvalue weighted by molar-refractivity contribution is 0.0940. The Morgan fingerprint density at radius 2 is 1.75 bits per heavy atom. The Kier molecular flexibility index (Phi) is 5.01. The molecule has 24 heavy (non-hydrogen) atoms. The molecule has 0 unspecified atom stereocenters. The summed E-state index contributed by atoms with van der Waals surface area (Å²) in [6.45, 7) is 0. The maximum atomic E-state index is 12.3. The number of H-pyrrole nitrogens is 1. The Morgan fingerprint density at radius 3 is 2.38 bits per heavy atom. The van der Waals surface area contributed by atoms with Gasteiger partial charge in [0, 0.05) is 6.20 Å². The van der Waals surface area contributed by atoms with Gasteiger partial charge in [-0.1, -0.05) is 31.4 Å². The summed E-state index contributed by atoms with van der Waals surface area (Å²) in [6, 6.07) is 10.1. The highest BCUT2D eigenvalue weighted by Crippen LogP contribution is 2.32. The van der Waals surface area contributed by atoms with Crippen molar-refractivity contribution in [3.05, 3.63) is 53.9 Å². The minimum Gasteiger partial charge on any atom is -0.357 e. The van der Waals surface area contributed by atoms with Gasteiger partial charge in [-0.25, -0.2) is 8.42 Å². The quantitative estimate of drug-likeness (QED) is 0.726. The maximum absolute atomic E-state index is 12.3. The Morgan fingerprint density at radius 1 is 1.04 bits per heavy atom. The van der Waals surface area contributed by atoms with Gasteiger partial charge in [0.05, 0.1) is 4.90 Å². The van der Waals surface area contributed by atoms with Gasteiger partial charge in [-0.05, 0) is 48.6 Å². The van der Waals surface area contributed by atoms with E-state index >= 15 is 0 Å². The van der Waals surface area contributed by atoms with Gasteiger partial charge in [-0.15, -0.1) is 4.83 Å². The maximum Gasteiger partial charge on any atom is 0.282 e. The van der Waals surface area contributed by atoms with Gasteiger partial charge in [0.15, 0.2) is 0 Å². The lowest BCUT2D eigenvalue weighted by Crippen LogP contribution is -2.41. The van der Waals surface area contributed by atoms with Gasteiger partial charge in [0.2, 0.25) is 0 Å². The van der Waals surface area contributed by atoms with Crippen LogP contribution in [0, 0.1) is 0 Å². The largest absolute Gasteiger partial charge is 0.357 e. The molecule has 0 aliphatic heterocycles. The zero-order valence-electron chi connectivity index (χ0n) is 13.3. The lowest BCUT2D eigenvalue weighted by Gasteiger charge is -2.22. The van der Waals surface area contributed by atoms with Crippen molar-refractivity contribution in [3.8, 4) is 0 Å². The van der Waals surface area contributed by atoms with E-state index in [4.69, 9.17) is 0 Å². The molecule has 7 heteroatoms. The second-order valence-electron chi connectivity index (χ2n) is 6.05. The molecule has 6 nitrogen and oxygen atoms in total. The topological polar surface area (TPSA) is 91.1 Å². The van der Waals surface area contributed by atoms with Crippen molar-refractivity contribution >= 4 is 15.9 Å². The first-order valence-electron chi connectivity index (χ1n) is 8.12. The number of hydrazine groups is 1. The number of carbonyl (C=O) groups excluding carboxylic acids is 1. The van der Waals surface area contributed by atoms with E-state index in [0.29, 0.717) is 5.92 Å². The van der Waals surface area contributed by atoms with Crippen molar-refractivity contribution in [2.75, 3.05) is 0 Å². The SMILES string of the molecule is O=C(NNS(=O)(=O)c1ccc(C2CCCCC2)cc1)c1ccc[nH]1. The fourth-order valence-corrected chi connectivity index (χ4v) is 3.91. The van der Waals surface area contributed by atoms with E-state index in [9.17, 15) is 13.2 Å². The van der Waals surface area contributed by atoms with Crippen LogP contribution in [0.1, 0.15) is 54.1 Å². The molecule has 1 aromatic heterocycles. The van der Waals surface area contributed by atoms with Gasteiger partial charge < -0.3 is 4.98 Å². The first-order chi connectivity index (χ1) is 11.6. The molecule has 1 saturated carbocycles. The molecule has 1 aliphatic rings. The van der Waals surface area contributed by atoms with E-state index < -0.39 is 15.9 Å². The lowest BCUT2D eigenvalue weighted by atomic mass is 9.84. The highest BCUT2D eigenvalue weighted by Gasteiger charge is 2.19. The number of aromatic nitrogens is 1. The van der Waals surface area contributed by atoms with E-state index in [-0.39, 0.29) is 10.6 Å². The second kappa shape index (κ2) is 7.19. The molecule has 128 valence electrons. The van der Waals surface area contributed by atoms with Crippen molar-refractivity contribution in [1.29, 1.82) is 0 Å². The Labute approximate surface area is 141 Å². The number of hydrogen-bond donors (Lipinski definition) is 3. The molecule has 2 aromatic rings. The fourth-order valence-electron chi connectivity index (χ4n) is 3.07. The highest BCUT2D eigenvalue weighted by molar-refractivity contribution is 7.89. The van der Waals surface area contributed by atoms with Crippen LogP contribution in [0.25, 0.3) is 0 Å². The van der Waals surface area contributed by atoms with Crippen LogP contribution in [0.2, 0.25) is 0 Å². The molecular formula is C17H21N3O3S. The molecule has 1 aliphatic carbocycles. The monoisotopic (exact) mass is 347 g/mol. The van der Waals surface area contributed by atoms with E-state index in [1.807, 2.05) is 12.1 Å². The normalized spacial score (nSPS) is 16.0. The molecule has 0 radical (unpaired) electrons. The molecule has 3 rings (SSSR count). The molecule has 3 N–H and O–H groups in total. The molecule has 0 saturated heterocycles.